The molecule has 1 heterocycles. The van der Waals surface area contributed by atoms with Gasteiger partial charge in [0, 0.05) is 49.1 Å². The molecule has 43 heavy (non-hydrogen) atoms. The van der Waals surface area contributed by atoms with E-state index in [1.807, 2.05) is 21.6 Å². The van der Waals surface area contributed by atoms with Gasteiger partial charge in [0.1, 0.15) is 0 Å². The summed E-state index contributed by atoms with van der Waals surface area (Å²) < 4.78 is 0. The van der Waals surface area contributed by atoms with Crippen LogP contribution in [0.25, 0.3) is 0 Å². The van der Waals surface area contributed by atoms with E-state index < -0.39 is 0 Å². The van der Waals surface area contributed by atoms with Crippen molar-refractivity contribution in [2.24, 2.45) is 5.92 Å². The van der Waals surface area contributed by atoms with Crippen molar-refractivity contribution < 1.29 is 0 Å². The maximum absolute atomic E-state index is 4.43. The molecule has 6 heteroatoms. The first kappa shape index (κ1) is 40.5. The maximum Gasteiger partial charge on any atom is 0.0338 e. The molecule has 0 saturated carbocycles. The molecule has 0 spiro atoms. The number of rotatable bonds is 30. The fourth-order valence-electron chi connectivity index (χ4n) is 5.79. The lowest BCUT2D eigenvalue weighted by atomic mass is 9.97. The Morgan fingerprint density at radius 2 is 1.40 bits per heavy atom. The summed E-state index contributed by atoms with van der Waals surface area (Å²) in [5.41, 5.74) is 7.58. The van der Waals surface area contributed by atoms with Gasteiger partial charge < -0.3 is 15.2 Å². The third-order valence-corrected chi connectivity index (χ3v) is 11.0. The summed E-state index contributed by atoms with van der Waals surface area (Å²) in [6.07, 6.45) is 24.6. The van der Waals surface area contributed by atoms with Crippen LogP contribution in [-0.2, 0) is 0 Å². The molecule has 0 bridgehead atoms. The Morgan fingerprint density at radius 3 is 2.05 bits per heavy atom. The number of nitrogens with zero attached hydrogens (tertiary/aromatic N) is 2. The molecule has 0 aromatic carbocycles. The van der Waals surface area contributed by atoms with Gasteiger partial charge in [0.05, 0.1) is 0 Å². The SMILES string of the molecule is C=C(CCCCCCCCCC)CC(C)CNN(CCC)C(=C)CCCSSCCCC(=C)NCCN1CCCCCC1. The molecule has 1 saturated heterocycles. The molecule has 1 aliphatic heterocycles. The zero-order valence-electron chi connectivity index (χ0n) is 29.0. The first-order valence-electron chi connectivity index (χ1n) is 18.2. The number of unbranched alkanes of at least 4 members (excludes halogenated alkanes) is 7. The van der Waals surface area contributed by atoms with Crippen molar-refractivity contribution in [1.29, 1.82) is 0 Å². The number of hydrogen-bond donors (Lipinski definition) is 2. The highest BCUT2D eigenvalue weighted by molar-refractivity contribution is 8.76. The molecule has 4 nitrogen and oxygen atoms in total. The lowest BCUT2D eigenvalue weighted by Crippen LogP contribution is -2.40. The average molecular weight is 637 g/mol. The van der Waals surface area contributed by atoms with Crippen molar-refractivity contribution >= 4 is 21.6 Å². The molecule has 1 atom stereocenters. The van der Waals surface area contributed by atoms with E-state index in [2.05, 4.69) is 61.2 Å². The molecule has 0 amide bonds. The number of hydrogen-bond acceptors (Lipinski definition) is 6. The summed E-state index contributed by atoms with van der Waals surface area (Å²) in [4.78, 5) is 2.61. The van der Waals surface area contributed by atoms with Gasteiger partial charge in [-0.05, 0) is 83.2 Å². The largest absolute Gasteiger partial charge is 0.388 e. The second-order valence-corrected chi connectivity index (χ2v) is 15.7. The van der Waals surface area contributed by atoms with Crippen LogP contribution in [0, 0.1) is 5.92 Å². The lowest BCUT2D eigenvalue weighted by Gasteiger charge is -2.29. The van der Waals surface area contributed by atoms with E-state index in [0.717, 1.165) is 51.9 Å². The Labute approximate surface area is 277 Å². The number of hydrazine groups is 1. The van der Waals surface area contributed by atoms with Gasteiger partial charge >= 0.3 is 0 Å². The standard InChI is InChI=1S/C37H72N4S2/c1-7-9-10-11-12-13-14-17-22-34(3)32-35(4)33-39-41(26-8-2)37(6)24-21-31-43-42-30-20-23-36(5)38-25-29-40-27-18-15-16-19-28-40/h35,38-39H,3,5-33H2,1-2,4H3. The molecule has 2 N–H and O–H groups in total. The number of nitrogens with one attached hydrogen (secondary N) is 2. The van der Waals surface area contributed by atoms with Gasteiger partial charge in [-0.3, -0.25) is 0 Å². The van der Waals surface area contributed by atoms with Crippen molar-refractivity contribution in [3.8, 4) is 0 Å². The Morgan fingerprint density at radius 1 is 0.767 bits per heavy atom. The third kappa shape index (κ3) is 24.4. The smallest absolute Gasteiger partial charge is 0.0338 e. The number of likely N-dealkylation sites (tertiary alicyclic amines) is 1. The molecule has 0 aromatic heterocycles. The van der Waals surface area contributed by atoms with Crippen LogP contribution >= 0.6 is 21.6 Å². The summed E-state index contributed by atoms with van der Waals surface area (Å²) >= 11 is 0. The second-order valence-electron chi connectivity index (χ2n) is 13.0. The first-order valence-corrected chi connectivity index (χ1v) is 20.7. The Hall–Kier alpha value is -0.560. The van der Waals surface area contributed by atoms with Gasteiger partial charge in [-0.15, -0.1) is 0 Å². The summed E-state index contributed by atoms with van der Waals surface area (Å²) in [7, 11) is 4.04. The minimum Gasteiger partial charge on any atom is -0.388 e. The molecule has 1 aliphatic rings. The fourth-order valence-corrected chi connectivity index (χ4v) is 7.96. The van der Waals surface area contributed by atoms with Crippen LogP contribution in [0.4, 0.5) is 0 Å². The van der Waals surface area contributed by atoms with Gasteiger partial charge in [-0.2, -0.15) is 0 Å². The predicted molar refractivity (Wildman–Crippen MR) is 200 cm³/mol. The summed E-state index contributed by atoms with van der Waals surface area (Å²) in [6.45, 7) is 26.8. The van der Waals surface area contributed by atoms with Gasteiger partial charge in [-0.1, -0.05) is 125 Å². The fraction of sp³-hybridized carbons (Fsp3) is 0.838. The molecule has 0 radical (unpaired) electrons. The van der Waals surface area contributed by atoms with Crippen LogP contribution in [-0.4, -0.2) is 60.7 Å². The van der Waals surface area contributed by atoms with Crippen molar-refractivity contribution in [3.05, 3.63) is 36.7 Å². The van der Waals surface area contributed by atoms with E-state index in [1.54, 1.807) is 0 Å². The van der Waals surface area contributed by atoms with Crippen molar-refractivity contribution in [2.75, 3.05) is 50.8 Å². The van der Waals surface area contributed by atoms with E-state index >= 15 is 0 Å². The van der Waals surface area contributed by atoms with E-state index in [-0.39, 0.29) is 0 Å². The summed E-state index contributed by atoms with van der Waals surface area (Å²) in [6, 6.07) is 0. The average Bonchev–Trinajstić information content (AvgIpc) is 3.26. The highest BCUT2D eigenvalue weighted by atomic mass is 33.1. The quantitative estimate of drug-likeness (QED) is 0.0353. The van der Waals surface area contributed by atoms with Gasteiger partial charge in [0.2, 0.25) is 0 Å². The van der Waals surface area contributed by atoms with Gasteiger partial charge in [-0.25, -0.2) is 5.43 Å². The zero-order chi connectivity index (χ0) is 31.4. The highest BCUT2D eigenvalue weighted by Crippen LogP contribution is 2.25. The topological polar surface area (TPSA) is 30.5 Å². The molecule has 0 aliphatic carbocycles. The summed E-state index contributed by atoms with van der Waals surface area (Å²) in [5, 5.41) is 5.88. The van der Waals surface area contributed by atoms with E-state index in [1.165, 1.54) is 138 Å². The second kappa shape index (κ2) is 28.9. The molecule has 252 valence electrons. The highest BCUT2D eigenvalue weighted by Gasteiger charge is 2.11. The normalized spacial score (nSPS) is 14.8. The van der Waals surface area contributed by atoms with E-state index in [0.29, 0.717) is 5.92 Å². The maximum atomic E-state index is 4.43. The van der Waals surface area contributed by atoms with Crippen LogP contribution in [0.3, 0.4) is 0 Å². The first-order chi connectivity index (χ1) is 21.0. The minimum absolute atomic E-state index is 0.603. The van der Waals surface area contributed by atoms with Gasteiger partial charge in [0.25, 0.3) is 0 Å². The molecule has 1 unspecified atom stereocenters. The van der Waals surface area contributed by atoms with E-state index in [4.69, 9.17) is 0 Å². The van der Waals surface area contributed by atoms with Gasteiger partial charge in [0.15, 0.2) is 0 Å². The van der Waals surface area contributed by atoms with E-state index in [9.17, 15) is 0 Å². The van der Waals surface area contributed by atoms with Crippen molar-refractivity contribution in [1.82, 2.24) is 20.7 Å². The predicted octanol–water partition coefficient (Wildman–Crippen LogP) is 10.8. The molecule has 1 rings (SSSR count). The van der Waals surface area contributed by atoms with Crippen LogP contribution < -0.4 is 10.7 Å². The van der Waals surface area contributed by atoms with Crippen molar-refractivity contribution in [3.63, 3.8) is 0 Å². The monoisotopic (exact) mass is 637 g/mol. The lowest BCUT2D eigenvalue weighted by molar-refractivity contribution is 0.221. The Balaban J connectivity index is 2.04. The summed E-state index contributed by atoms with van der Waals surface area (Å²) in [5.74, 6) is 2.99. The van der Waals surface area contributed by atoms with Crippen LogP contribution in [0.1, 0.15) is 143 Å². The minimum atomic E-state index is 0.603. The molecular weight excluding hydrogens is 565 g/mol. The Bertz CT molecular complexity index is 690. The van der Waals surface area contributed by atoms with Crippen LogP contribution in [0.15, 0.2) is 36.7 Å². The molecule has 1 fully saturated rings. The zero-order valence-corrected chi connectivity index (χ0v) is 30.6. The third-order valence-electron chi connectivity index (χ3n) is 8.46. The van der Waals surface area contributed by atoms with Crippen LogP contribution in [0.5, 0.6) is 0 Å². The van der Waals surface area contributed by atoms with Crippen molar-refractivity contribution in [2.45, 2.75) is 143 Å². The number of allylic oxidation sites excluding steroid dienone is 3. The van der Waals surface area contributed by atoms with Crippen LogP contribution in [0.2, 0.25) is 0 Å². The molecule has 0 aromatic rings. The molecular formula is C37H72N4S2. The Kier molecular flexibility index (Phi) is 27.2.